The second-order valence-electron chi connectivity index (χ2n) is 7.57. The number of hydrogen-bond donors (Lipinski definition) is 2. The van der Waals surface area contributed by atoms with Gasteiger partial charge in [0.25, 0.3) is 0 Å². The second kappa shape index (κ2) is 7.65. The molecule has 0 saturated heterocycles. The normalized spacial score (nSPS) is 11.5. The average Bonchev–Trinajstić information content (AvgIpc) is 3.67. The van der Waals surface area contributed by atoms with Crippen molar-refractivity contribution in [1.29, 1.82) is 0 Å². The summed E-state index contributed by atoms with van der Waals surface area (Å²) in [5.41, 5.74) is 3.65. The molecule has 0 fully saturated rings. The van der Waals surface area contributed by atoms with Crippen molar-refractivity contribution in [1.82, 2.24) is 40.3 Å². The zero-order valence-electron chi connectivity index (χ0n) is 17.4. The highest BCUT2D eigenvalue weighted by atomic mass is 32.1. The van der Waals surface area contributed by atoms with Gasteiger partial charge in [-0.3, -0.25) is 10.2 Å². The van der Waals surface area contributed by atoms with E-state index in [1.165, 1.54) is 0 Å². The third-order valence-electron chi connectivity index (χ3n) is 5.34. The number of H-pyrrole nitrogens is 2. The largest absolute Gasteiger partial charge is 0.257 e. The molecule has 4 heterocycles. The third-order valence-corrected chi connectivity index (χ3v) is 7.43. The van der Waals surface area contributed by atoms with Gasteiger partial charge in [-0.25, -0.2) is 19.9 Å². The molecular weight excluding hydrogens is 464 g/mol. The van der Waals surface area contributed by atoms with Crippen LogP contribution in [-0.2, 0) is 0 Å². The zero-order valence-corrected chi connectivity index (χ0v) is 19.1. The fourth-order valence-electron chi connectivity index (χ4n) is 3.72. The highest BCUT2D eigenvalue weighted by Gasteiger charge is 2.15. The van der Waals surface area contributed by atoms with E-state index in [-0.39, 0.29) is 0 Å². The minimum absolute atomic E-state index is 0.595. The maximum absolute atomic E-state index is 4.68. The fraction of sp³-hybridized carbons (Fsp3) is 0. The monoisotopic (exact) mass is 478 g/mol. The van der Waals surface area contributed by atoms with Crippen molar-refractivity contribution in [2.45, 2.75) is 0 Å². The molecule has 7 rings (SSSR count). The maximum Gasteiger partial charge on any atom is 0.185 e. The standard InChI is InChI=1S/C24H14N8S2/c1-3-10-17-15(8-1)25-23(33-17)21-27-19(29-31-21)13-6-5-7-14(12-13)20-28-22(32-30-20)24-26-16-9-2-4-11-18(16)34-24/h1-12H,(H,27,29,31)(H,28,30,32). The van der Waals surface area contributed by atoms with E-state index in [4.69, 9.17) is 0 Å². The van der Waals surface area contributed by atoms with Gasteiger partial charge in [0.2, 0.25) is 0 Å². The molecular formula is C24H14N8S2. The summed E-state index contributed by atoms with van der Waals surface area (Å²) in [6.45, 7) is 0. The molecule has 0 radical (unpaired) electrons. The summed E-state index contributed by atoms with van der Waals surface area (Å²) in [5, 5.41) is 16.5. The predicted molar refractivity (Wildman–Crippen MR) is 134 cm³/mol. The Kier molecular flexibility index (Phi) is 4.32. The molecule has 8 nitrogen and oxygen atoms in total. The van der Waals surface area contributed by atoms with E-state index in [0.29, 0.717) is 23.3 Å². The number of fused-ring (bicyclic) bond motifs is 2. The van der Waals surface area contributed by atoms with Gasteiger partial charge in [-0.05, 0) is 30.3 Å². The lowest BCUT2D eigenvalue weighted by molar-refractivity contribution is 1.09. The van der Waals surface area contributed by atoms with E-state index < -0.39 is 0 Å². The van der Waals surface area contributed by atoms with Gasteiger partial charge in [0.1, 0.15) is 0 Å². The molecule has 0 unspecified atom stereocenters. The van der Waals surface area contributed by atoms with Crippen LogP contribution in [0.5, 0.6) is 0 Å². The fourth-order valence-corrected chi connectivity index (χ4v) is 5.53. The van der Waals surface area contributed by atoms with E-state index >= 15 is 0 Å². The quantitative estimate of drug-likeness (QED) is 0.330. The lowest BCUT2D eigenvalue weighted by atomic mass is 10.1. The molecule has 4 aromatic heterocycles. The highest BCUT2D eigenvalue weighted by Crippen LogP contribution is 2.31. The number of nitrogens with one attached hydrogen (secondary N) is 2. The van der Waals surface area contributed by atoms with Crippen LogP contribution in [0.1, 0.15) is 0 Å². The van der Waals surface area contributed by atoms with Crippen LogP contribution in [0.4, 0.5) is 0 Å². The van der Waals surface area contributed by atoms with Gasteiger partial charge in [-0.1, -0.05) is 42.5 Å². The van der Waals surface area contributed by atoms with Crippen LogP contribution >= 0.6 is 22.7 Å². The van der Waals surface area contributed by atoms with Crippen molar-refractivity contribution >= 4 is 43.1 Å². The first-order valence-corrected chi connectivity index (χ1v) is 12.1. The number of thiazole rings is 2. The molecule has 162 valence electrons. The zero-order chi connectivity index (χ0) is 22.5. The Balaban J connectivity index is 1.20. The summed E-state index contributed by atoms with van der Waals surface area (Å²) in [6, 6.07) is 23.9. The number of para-hydroxylation sites is 2. The van der Waals surface area contributed by atoms with Crippen LogP contribution in [0.2, 0.25) is 0 Å². The molecule has 3 aromatic carbocycles. The van der Waals surface area contributed by atoms with Gasteiger partial charge in [0.05, 0.1) is 20.4 Å². The van der Waals surface area contributed by atoms with Crippen LogP contribution < -0.4 is 0 Å². The van der Waals surface area contributed by atoms with Gasteiger partial charge < -0.3 is 0 Å². The summed E-state index contributed by atoms with van der Waals surface area (Å²) in [4.78, 5) is 18.7. The molecule has 0 amide bonds. The number of aromatic nitrogens is 8. The molecule has 0 aliphatic carbocycles. The van der Waals surface area contributed by atoms with Crippen molar-refractivity contribution < 1.29 is 0 Å². The van der Waals surface area contributed by atoms with Crippen molar-refractivity contribution in [3.05, 3.63) is 72.8 Å². The predicted octanol–water partition coefficient (Wildman–Crippen LogP) is 5.81. The Labute approximate surface area is 200 Å². The molecule has 0 aliphatic heterocycles. The lowest BCUT2D eigenvalue weighted by Crippen LogP contribution is -1.85. The topological polar surface area (TPSA) is 109 Å². The number of hydrogen-bond acceptors (Lipinski definition) is 8. The SMILES string of the molecule is c1cc(-c2n[nH]c(-c3nc4ccccc4s3)n2)cc(-c2n[nH]c(-c3nc4ccccc4s3)n2)c1. The van der Waals surface area contributed by atoms with Crippen LogP contribution in [-0.4, -0.2) is 40.3 Å². The number of nitrogens with zero attached hydrogens (tertiary/aromatic N) is 6. The summed E-state index contributed by atoms with van der Waals surface area (Å²) in [5.74, 6) is 2.49. The number of rotatable bonds is 4. The highest BCUT2D eigenvalue weighted by molar-refractivity contribution is 7.22. The molecule has 34 heavy (non-hydrogen) atoms. The molecule has 0 bridgehead atoms. The summed E-state index contributed by atoms with van der Waals surface area (Å²) < 4.78 is 2.23. The molecule has 10 heteroatoms. The smallest absolute Gasteiger partial charge is 0.185 e. The van der Waals surface area contributed by atoms with E-state index in [2.05, 4.69) is 52.5 Å². The summed E-state index contributed by atoms with van der Waals surface area (Å²) >= 11 is 3.17. The van der Waals surface area contributed by atoms with Crippen molar-refractivity contribution in [2.75, 3.05) is 0 Å². The minimum atomic E-state index is 0.595. The van der Waals surface area contributed by atoms with E-state index in [1.54, 1.807) is 22.7 Å². The van der Waals surface area contributed by atoms with Gasteiger partial charge in [0.15, 0.2) is 33.3 Å². The molecule has 2 N–H and O–H groups in total. The molecule has 7 aromatic rings. The summed E-state index contributed by atoms with van der Waals surface area (Å²) in [6.07, 6.45) is 0. The van der Waals surface area contributed by atoms with Crippen LogP contribution in [0.25, 0.3) is 64.9 Å². The molecule has 0 atom stereocenters. The molecule has 0 saturated carbocycles. The van der Waals surface area contributed by atoms with Crippen LogP contribution in [0, 0.1) is 0 Å². The van der Waals surface area contributed by atoms with Crippen molar-refractivity contribution in [2.24, 2.45) is 0 Å². The molecule has 0 aliphatic rings. The van der Waals surface area contributed by atoms with Gasteiger partial charge in [-0.15, -0.1) is 22.7 Å². The first-order chi connectivity index (χ1) is 16.8. The Hall–Kier alpha value is -4.28. The van der Waals surface area contributed by atoms with E-state index in [0.717, 1.165) is 41.6 Å². The number of aromatic amines is 2. The van der Waals surface area contributed by atoms with E-state index in [9.17, 15) is 0 Å². The Morgan fingerprint density at radius 1 is 0.529 bits per heavy atom. The van der Waals surface area contributed by atoms with E-state index in [1.807, 2.05) is 60.7 Å². The maximum atomic E-state index is 4.68. The second-order valence-corrected chi connectivity index (χ2v) is 9.63. The average molecular weight is 479 g/mol. The van der Waals surface area contributed by atoms with Gasteiger partial charge in [-0.2, -0.15) is 10.2 Å². The van der Waals surface area contributed by atoms with Crippen molar-refractivity contribution in [3.8, 4) is 44.4 Å². The van der Waals surface area contributed by atoms with Crippen LogP contribution in [0.15, 0.2) is 72.8 Å². The third kappa shape index (κ3) is 3.28. The number of benzene rings is 3. The molecule has 0 spiro atoms. The summed E-state index contributed by atoms with van der Waals surface area (Å²) in [7, 11) is 0. The minimum Gasteiger partial charge on any atom is -0.257 e. The Bertz CT molecular complexity index is 1600. The van der Waals surface area contributed by atoms with Gasteiger partial charge >= 0.3 is 0 Å². The van der Waals surface area contributed by atoms with Crippen molar-refractivity contribution in [3.63, 3.8) is 0 Å². The van der Waals surface area contributed by atoms with Gasteiger partial charge in [0, 0.05) is 11.1 Å². The Morgan fingerprint density at radius 3 is 1.53 bits per heavy atom. The lowest BCUT2D eigenvalue weighted by Gasteiger charge is -1.98. The first-order valence-electron chi connectivity index (χ1n) is 10.5. The van der Waals surface area contributed by atoms with Crippen LogP contribution in [0.3, 0.4) is 0 Å². The Morgan fingerprint density at radius 2 is 1.03 bits per heavy atom. The first kappa shape index (κ1) is 19.2.